The second kappa shape index (κ2) is 9.72. The van der Waals surface area contributed by atoms with Gasteiger partial charge in [0.15, 0.2) is 0 Å². The van der Waals surface area contributed by atoms with Gasteiger partial charge in [-0.2, -0.15) is 5.10 Å². The number of hydrogen-bond acceptors (Lipinski definition) is 4. The number of unbranched alkanes of at least 4 members (excludes halogenated alkanes) is 1. The van der Waals surface area contributed by atoms with Crippen LogP contribution in [0.5, 0.6) is 5.75 Å². The lowest BCUT2D eigenvalue weighted by molar-refractivity contribution is 0.0941. The van der Waals surface area contributed by atoms with Gasteiger partial charge in [-0.25, -0.2) is 0 Å². The SMILES string of the molecule is CCCCOCCCNC(=O)c1cn[nH]c1-c1ccc(OC)cc1. The topological polar surface area (TPSA) is 76.2 Å². The highest BCUT2D eigenvalue weighted by Gasteiger charge is 2.14. The number of benzene rings is 1. The van der Waals surface area contributed by atoms with Crippen LogP contribution in [0.1, 0.15) is 36.5 Å². The molecule has 0 spiro atoms. The lowest BCUT2D eigenvalue weighted by atomic mass is 10.1. The first kappa shape index (κ1) is 18.0. The number of amides is 1. The molecule has 130 valence electrons. The van der Waals surface area contributed by atoms with Gasteiger partial charge in [-0.05, 0) is 37.1 Å². The third kappa shape index (κ3) is 5.09. The molecule has 0 unspecified atom stereocenters. The minimum absolute atomic E-state index is 0.136. The van der Waals surface area contributed by atoms with Crippen molar-refractivity contribution in [3.63, 3.8) is 0 Å². The number of aromatic nitrogens is 2. The minimum atomic E-state index is -0.136. The zero-order chi connectivity index (χ0) is 17.2. The van der Waals surface area contributed by atoms with Crippen LogP contribution < -0.4 is 10.1 Å². The first-order valence-corrected chi connectivity index (χ1v) is 8.30. The molecule has 0 radical (unpaired) electrons. The predicted molar refractivity (Wildman–Crippen MR) is 93.3 cm³/mol. The molecule has 0 fully saturated rings. The number of nitrogens with zero attached hydrogens (tertiary/aromatic N) is 1. The molecule has 1 aromatic heterocycles. The monoisotopic (exact) mass is 331 g/mol. The molecular weight excluding hydrogens is 306 g/mol. The molecule has 1 heterocycles. The van der Waals surface area contributed by atoms with E-state index >= 15 is 0 Å². The first-order chi connectivity index (χ1) is 11.8. The van der Waals surface area contributed by atoms with Gasteiger partial charge in [0.25, 0.3) is 5.91 Å². The number of rotatable bonds is 10. The molecule has 6 heteroatoms. The summed E-state index contributed by atoms with van der Waals surface area (Å²) in [4.78, 5) is 12.3. The fraction of sp³-hybridized carbons (Fsp3) is 0.444. The molecule has 0 saturated heterocycles. The van der Waals surface area contributed by atoms with Crippen molar-refractivity contribution in [2.45, 2.75) is 26.2 Å². The van der Waals surface area contributed by atoms with Crippen molar-refractivity contribution in [2.24, 2.45) is 0 Å². The van der Waals surface area contributed by atoms with E-state index < -0.39 is 0 Å². The van der Waals surface area contributed by atoms with E-state index in [9.17, 15) is 4.79 Å². The second-order valence-electron chi connectivity index (χ2n) is 5.46. The van der Waals surface area contributed by atoms with Gasteiger partial charge in [0.05, 0.1) is 24.6 Å². The van der Waals surface area contributed by atoms with Crippen LogP contribution >= 0.6 is 0 Å². The molecule has 6 nitrogen and oxygen atoms in total. The lowest BCUT2D eigenvalue weighted by Crippen LogP contribution is -2.25. The number of nitrogens with one attached hydrogen (secondary N) is 2. The highest BCUT2D eigenvalue weighted by molar-refractivity contribution is 5.99. The Kier molecular flexibility index (Phi) is 7.29. The number of carbonyl (C=O) groups excluding carboxylic acids is 1. The lowest BCUT2D eigenvalue weighted by Gasteiger charge is -2.07. The third-order valence-electron chi connectivity index (χ3n) is 3.66. The fourth-order valence-corrected chi connectivity index (χ4v) is 2.26. The van der Waals surface area contributed by atoms with Gasteiger partial charge >= 0.3 is 0 Å². The van der Waals surface area contributed by atoms with Crippen molar-refractivity contribution in [2.75, 3.05) is 26.9 Å². The quantitative estimate of drug-likeness (QED) is 0.656. The molecule has 2 aromatic rings. The maximum atomic E-state index is 12.3. The van der Waals surface area contributed by atoms with E-state index in [0.717, 1.165) is 37.2 Å². The number of ether oxygens (including phenoxy) is 2. The molecule has 1 amide bonds. The molecule has 0 saturated carbocycles. The normalized spacial score (nSPS) is 10.6. The standard InChI is InChI=1S/C18H25N3O3/c1-3-4-11-24-12-5-10-19-18(22)16-13-20-21-17(16)14-6-8-15(23-2)9-7-14/h6-9,13H,3-5,10-12H2,1-2H3,(H,19,22)(H,20,21). The summed E-state index contributed by atoms with van der Waals surface area (Å²) in [5, 5.41) is 9.79. The van der Waals surface area contributed by atoms with Crippen LogP contribution in [0.3, 0.4) is 0 Å². The van der Waals surface area contributed by atoms with Gasteiger partial charge in [0.1, 0.15) is 5.75 Å². The average molecular weight is 331 g/mol. The molecule has 0 aliphatic heterocycles. The summed E-state index contributed by atoms with van der Waals surface area (Å²) in [7, 11) is 1.62. The van der Waals surface area contributed by atoms with Gasteiger partial charge in [0.2, 0.25) is 0 Å². The van der Waals surface area contributed by atoms with E-state index in [2.05, 4.69) is 22.4 Å². The van der Waals surface area contributed by atoms with Crippen LogP contribution in [0.4, 0.5) is 0 Å². The zero-order valence-corrected chi connectivity index (χ0v) is 14.3. The van der Waals surface area contributed by atoms with Crippen molar-refractivity contribution < 1.29 is 14.3 Å². The molecule has 24 heavy (non-hydrogen) atoms. The van der Waals surface area contributed by atoms with Crippen LogP contribution in [0.15, 0.2) is 30.5 Å². The molecule has 1 aromatic carbocycles. The highest BCUT2D eigenvalue weighted by atomic mass is 16.5. The highest BCUT2D eigenvalue weighted by Crippen LogP contribution is 2.23. The van der Waals surface area contributed by atoms with Gasteiger partial charge in [-0.1, -0.05) is 13.3 Å². The number of H-pyrrole nitrogens is 1. The van der Waals surface area contributed by atoms with Crippen molar-refractivity contribution in [3.8, 4) is 17.0 Å². The summed E-state index contributed by atoms with van der Waals surface area (Å²) in [6, 6.07) is 7.49. The first-order valence-electron chi connectivity index (χ1n) is 8.30. The fourth-order valence-electron chi connectivity index (χ4n) is 2.26. The summed E-state index contributed by atoms with van der Waals surface area (Å²) >= 11 is 0. The third-order valence-corrected chi connectivity index (χ3v) is 3.66. The molecule has 0 atom stereocenters. The van der Waals surface area contributed by atoms with Crippen molar-refractivity contribution in [1.82, 2.24) is 15.5 Å². The van der Waals surface area contributed by atoms with Gasteiger partial charge in [-0.3, -0.25) is 9.89 Å². The number of methoxy groups -OCH3 is 1. The largest absolute Gasteiger partial charge is 0.497 e. The van der Waals surface area contributed by atoms with Gasteiger partial charge in [0, 0.05) is 25.3 Å². The predicted octanol–water partition coefficient (Wildman–Crippen LogP) is 3.02. The van der Waals surface area contributed by atoms with Crippen LogP contribution in [0.2, 0.25) is 0 Å². The Morgan fingerprint density at radius 1 is 1.21 bits per heavy atom. The smallest absolute Gasteiger partial charge is 0.255 e. The Morgan fingerprint density at radius 3 is 2.67 bits per heavy atom. The minimum Gasteiger partial charge on any atom is -0.497 e. The molecule has 0 aliphatic rings. The van der Waals surface area contributed by atoms with E-state index in [1.54, 1.807) is 13.3 Å². The second-order valence-corrected chi connectivity index (χ2v) is 5.46. The Balaban J connectivity index is 1.86. The van der Waals surface area contributed by atoms with Crippen molar-refractivity contribution in [3.05, 3.63) is 36.0 Å². The summed E-state index contributed by atoms with van der Waals surface area (Å²) < 4.78 is 10.6. The molecule has 2 N–H and O–H groups in total. The number of carbonyl (C=O) groups is 1. The van der Waals surface area contributed by atoms with Crippen molar-refractivity contribution in [1.29, 1.82) is 0 Å². The van der Waals surface area contributed by atoms with Crippen LogP contribution in [-0.4, -0.2) is 43.0 Å². The van der Waals surface area contributed by atoms with E-state index in [4.69, 9.17) is 9.47 Å². The summed E-state index contributed by atoms with van der Waals surface area (Å²) in [6.07, 6.45) is 4.55. The van der Waals surface area contributed by atoms with Crippen LogP contribution in [-0.2, 0) is 4.74 Å². The average Bonchev–Trinajstić information content (AvgIpc) is 3.10. The van der Waals surface area contributed by atoms with Gasteiger partial charge in [-0.15, -0.1) is 0 Å². The summed E-state index contributed by atoms with van der Waals surface area (Å²) in [5.74, 6) is 0.635. The summed E-state index contributed by atoms with van der Waals surface area (Å²) in [6.45, 7) is 4.16. The maximum absolute atomic E-state index is 12.3. The van der Waals surface area contributed by atoms with E-state index in [1.165, 1.54) is 0 Å². The Morgan fingerprint density at radius 2 is 1.96 bits per heavy atom. The van der Waals surface area contributed by atoms with E-state index in [1.807, 2.05) is 24.3 Å². The Hall–Kier alpha value is -2.34. The Labute approximate surface area is 142 Å². The zero-order valence-electron chi connectivity index (χ0n) is 14.3. The maximum Gasteiger partial charge on any atom is 0.255 e. The van der Waals surface area contributed by atoms with Crippen molar-refractivity contribution >= 4 is 5.91 Å². The molecular formula is C18H25N3O3. The van der Waals surface area contributed by atoms with Crippen LogP contribution in [0, 0.1) is 0 Å². The summed E-state index contributed by atoms with van der Waals surface area (Å²) in [5.41, 5.74) is 2.13. The Bertz CT molecular complexity index is 623. The number of hydrogen-bond donors (Lipinski definition) is 2. The number of aromatic amines is 1. The van der Waals surface area contributed by atoms with Crippen LogP contribution in [0.25, 0.3) is 11.3 Å². The molecule has 0 bridgehead atoms. The molecule has 2 rings (SSSR count). The van der Waals surface area contributed by atoms with E-state index in [0.29, 0.717) is 24.4 Å². The van der Waals surface area contributed by atoms with Gasteiger partial charge < -0.3 is 14.8 Å². The molecule has 0 aliphatic carbocycles. The van der Waals surface area contributed by atoms with E-state index in [-0.39, 0.29) is 5.91 Å².